The molecule has 0 aliphatic heterocycles. The molecule has 0 radical (unpaired) electrons. The highest BCUT2D eigenvalue weighted by Gasteiger charge is 2.08. The average molecular weight is 344 g/mol. The molecule has 19 heavy (non-hydrogen) atoms. The van der Waals surface area contributed by atoms with Gasteiger partial charge < -0.3 is 10.4 Å². The number of hydrogen-bond donors (Lipinski definition) is 2. The van der Waals surface area contributed by atoms with E-state index in [9.17, 15) is 4.79 Å². The molecule has 0 fully saturated rings. The molecule has 0 aromatic carbocycles. The fraction of sp³-hybridized carbons (Fsp3) is 0.333. The van der Waals surface area contributed by atoms with Crippen molar-refractivity contribution in [3.8, 4) is 0 Å². The lowest BCUT2D eigenvalue weighted by Crippen LogP contribution is -2.26. The van der Waals surface area contributed by atoms with Crippen molar-refractivity contribution >= 4 is 33.0 Å². The van der Waals surface area contributed by atoms with Gasteiger partial charge in [-0.2, -0.15) is 5.10 Å². The lowest BCUT2D eigenvalue weighted by Gasteiger charge is -2.09. The Kier molecular flexibility index (Phi) is 5.12. The van der Waals surface area contributed by atoms with Gasteiger partial charge in [0.15, 0.2) is 0 Å². The van der Waals surface area contributed by atoms with Crippen LogP contribution in [0.1, 0.15) is 4.88 Å². The van der Waals surface area contributed by atoms with E-state index in [0.717, 1.165) is 13.0 Å². The quantitative estimate of drug-likeness (QED) is 0.837. The van der Waals surface area contributed by atoms with E-state index in [2.05, 4.69) is 32.4 Å². The highest BCUT2D eigenvalue weighted by Crippen LogP contribution is 2.16. The molecule has 0 saturated heterocycles. The second kappa shape index (κ2) is 6.83. The molecule has 0 atom stereocenters. The van der Waals surface area contributed by atoms with E-state index in [1.165, 1.54) is 9.56 Å². The first kappa shape index (κ1) is 14.2. The third-order valence-corrected chi connectivity index (χ3v) is 4.27. The molecule has 2 rings (SSSR count). The molecular weight excluding hydrogens is 330 g/mol. The van der Waals surface area contributed by atoms with Crippen molar-refractivity contribution in [3.05, 3.63) is 43.4 Å². The van der Waals surface area contributed by atoms with Crippen LogP contribution >= 0.6 is 27.3 Å². The molecule has 2 aromatic rings. The van der Waals surface area contributed by atoms with Gasteiger partial charge in [-0.25, -0.2) is 4.68 Å². The Morgan fingerprint density at radius 3 is 3.05 bits per heavy atom. The largest absolute Gasteiger partial charge is 0.394 e. The number of aromatic nitrogens is 2. The van der Waals surface area contributed by atoms with Gasteiger partial charge in [-0.15, -0.1) is 11.3 Å². The topological polar surface area (TPSA) is 67.2 Å². The fourth-order valence-electron chi connectivity index (χ4n) is 1.62. The molecule has 7 heteroatoms. The molecule has 0 bridgehead atoms. The van der Waals surface area contributed by atoms with Gasteiger partial charge in [-0.3, -0.25) is 4.79 Å². The van der Waals surface area contributed by atoms with E-state index in [4.69, 9.17) is 5.11 Å². The van der Waals surface area contributed by atoms with Crippen molar-refractivity contribution in [1.29, 1.82) is 0 Å². The number of aliphatic hydroxyl groups is 1. The normalized spacial score (nSPS) is 10.6. The Morgan fingerprint density at radius 2 is 2.37 bits per heavy atom. The number of anilines is 1. The summed E-state index contributed by atoms with van der Waals surface area (Å²) in [7, 11) is 0. The van der Waals surface area contributed by atoms with Crippen LogP contribution in [-0.4, -0.2) is 28.0 Å². The van der Waals surface area contributed by atoms with Crippen molar-refractivity contribution in [2.75, 3.05) is 18.5 Å². The molecule has 2 N–H and O–H groups in total. The minimum atomic E-state index is -0.241. The fourth-order valence-corrected chi connectivity index (χ4v) is 2.77. The van der Waals surface area contributed by atoms with Gasteiger partial charge in [0.2, 0.25) is 0 Å². The summed E-state index contributed by atoms with van der Waals surface area (Å²) in [6, 6.07) is 4.10. The minimum absolute atomic E-state index is 0.107. The van der Waals surface area contributed by atoms with Gasteiger partial charge in [0.1, 0.15) is 4.47 Å². The zero-order valence-corrected chi connectivity index (χ0v) is 12.6. The highest BCUT2D eigenvalue weighted by molar-refractivity contribution is 9.10. The average Bonchev–Trinajstić information content (AvgIpc) is 2.91. The molecule has 102 valence electrons. The van der Waals surface area contributed by atoms with Crippen LogP contribution in [0.25, 0.3) is 0 Å². The molecule has 0 amide bonds. The molecule has 0 aliphatic carbocycles. The van der Waals surface area contributed by atoms with Crippen molar-refractivity contribution in [3.63, 3.8) is 0 Å². The highest BCUT2D eigenvalue weighted by atomic mass is 79.9. The van der Waals surface area contributed by atoms with E-state index in [-0.39, 0.29) is 18.7 Å². The van der Waals surface area contributed by atoms with Gasteiger partial charge in [0, 0.05) is 11.4 Å². The number of nitrogens with one attached hydrogen (secondary N) is 1. The van der Waals surface area contributed by atoms with Crippen LogP contribution in [0.2, 0.25) is 0 Å². The number of nitrogens with zero attached hydrogens (tertiary/aromatic N) is 2. The summed E-state index contributed by atoms with van der Waals surface area (Å²) in [5.74, 6) is 0. The minimum Gasteiger partial charge on any atom is -0.394 e. The van der Waals surface area contributed by atoms with Crippen molar-refractivity contribution in [2.24, 2.45) is 0 Å². The van der Waals surface area contributed by atoms with E-state index in [1.807, 2.05) is 11.4 Å². The standard InChI is InChI=1S/C12H14BrN3O2S/c13-11-10(8-15-16(5-6-17)12(11)18)14-4-3-9-2-1-7-19-9/h1-2,7-8,14,17H,3-6H2. The summed E-state index contributed by atoms with van der Waals surface area (Å²) in [4.78, 5) is 13.2. The summed E-state index contributed by atoms with van der Waals surface area (Å²) in [6.45, 7) is 0.835. The lowest BCUT2D eigenvalue weighted by atomic mass is 10.3. The lowest BCUT2D eigenvalue weighted by molar-refractivity contribution is 0.266. The van der Waals surface area contributed by atoms with Gasteiger partial charge in [-0.05, 0) is 33.8 Å². The molecule has 0 unspecified atom stereocenters. The van der Waals surface area contributed by atoms with Gasteiger partial charge >= 0.3 is 0 Å². The van der Waals surface area contributed by atoms with E-state index < -0.39 is 0 Å². The third kappa shape index (κ3) is 3.65. The van der Waals surface area contributed by atoms with Crippen LogP contribution < -0.4 is 10.9 Å². The van der Waals surface area contributed by atoms with Crippen LogP contribution in [0, 0.1) is 0 Å². The van der Waals surface area contributed by atoms with Crippen molar-refractivity contribution in [2.45, 2.75) is 13.0 Å². The molecule has 5 nitrogen and oxygen atoms in total. The van der Waals surface area contributed by atoms with Crippen LogP contribution in [0.4, 0.5) is 5.69 Å². The Hall–Kier alpha value is -1.18. The number of halogens is 1. The van der Waals surface area contributed by atoms with Crippen LogP contribution in [0.3, 0.4) is 0 Å². The Morgan fingerprint density at radius 1 is 1.53 bits per heavy atom. The summed E-state index contributed by atoms with van der Waals surface area (Å²) < 4.78 is 1.68. The Bertz CT molecular complexity index is 583. The maximum atomic E-state index is 11.9. The van der Waals surface area contributed by atoms with Crippen molar-refractivity contribution < 1.29 is 5.11 Å². The summed E-state index contributed by atoms with van der Waals surface area (Å²) in [6.07, 6.45) is 2.50. The molecule has 0 saturated carbocycles. The van der Waals surface area contributed by atoms with Gasteiger partial charge in [0.05, 0.1) is 25.0 Å². The zero-order valence-electron chi connectivity index (χ0n) is 10.2. The van der Waals surface area contributed by atoms with Crippen molar-refractivity contribution in [1.82, 2.24) is 9.78 Å². The number of rotatable bonds is 6. The SMILES string of the molecule is O=c1c(Br)c(NCCc2cccs2)cnn1CCO. The number of thiophene rings is 1. The molecule has 2 heterocycles. The number of hydrogen-bond acceptors (Lipinski definition) is 5. The van der Waals surface area contributed by atoms with E-state index in [0.29, 0.717) is 10.2 Å². The molecule has 0 spiro atoms. The van der Waals surface area contributed by atoms with E-state index >= 15 is 0 Å². The zero-order chi connectivity index (χ0) is 13.7. The van der Waals surface area contributed by atoms with Crippen LogP contribution in [0.15, 0.2) is 33.0 Å². The molecule has 0 aliphatic rings. The predicted octanol–water partition coefficient (Wildman–Crippen LogP) is 1.71. The predicted molar refractivity (Wildman–Crippen MR) is 79.8 cm³/mol. The van der Waals surface area contributed by atoms with Gasteiger partial charge in [-0.1, -0.05) is 6.07 Å². The Balaban J connectivity index is 2.01. The summed E-state index contributed by atoms with van der Waals surface area (Å²) >= 11 is 4.98. The van der Waals surface area contributed by atoms with Crippen LogP contribution in [-0.2, 0) is 13.0 Å². The first-order valence-corrected chi connectivity index (χ1v) is 7.52. The second-order valence-electron chi connectivity index (χ2n) is 3.88. The van der Waals surface area contributed by atoms with E-state index in [1.54, 1.807) is 17.5 Å². The summed E-state index contributed by atoms with van der Waals surface area (Å²) in [5.41, 5.74) is 0.436. The first-order chi connectivity index (χ1) is 9.22. The van der Waals surface area contributed by atoms with Gasteiger partial charge in [0.25, 0.3) is 5.56 Å². The summed E-state index contributed by atoms with van der Waals surface area (Å²) in [5, 5.41) is 18.0. The first-order valence-electron chi connectivity index (χ1n) is 5.85. The molecule has 2 aromatic heterocycles. The molecular formula is C12H14BrN3O2S. The second-order valence-corrected chi connectivity index (χ2v) is 5.71. The number of aliphatic hydroxyl groups excluding tert-OH is 1. The maximum Gasteiger partial charge on any atom is 0.283 e. The Labute approximate surface area is 123 Å². The third-order valence-electron chi connectivity index (χ3n) is 2.56. The monoisotopic (exact) mass is 343 g/mol. The maximum absolute atomic E-state index is 11.9. The smallest absolute Gasteiger partial charge is 0.283 e. The van der Waals surface area contributed by atoms with Crippen LogP contribution in [0.5, 0.6) is 0 Å².